The fourth-order valence-electron chi connectivity index (χ4n) is 4.52. The summed E-state index contributed by atoms with van der Waals surface area (Å²) in [5.74, 6) is 0.558. The van der Waals surface area contributed by atoms with E-state index in [1.165, 1.54) is 12.8 Å². The van der Waals surface area contributed by atoms with E-state index < -0.39 is 0 Å². The van der Waals surface area contributed by atoms with Crippen LogP contribution in [0.5, 0.6) is 5.75 Å². The number of amides is 1. The molecular weight excluding hydrogens is 306 g/mol. The molecule has 4 rings (SSSR count). The second-order valence-corrected chi connectivity index (χ2v) is 7.33. The normalized spacial score (nSPS) is 32.2. The van der Waals surface area contributed by atoms with E-state index in [0.29, 0.717) is 43.1 Å². The van der Waals surface area contributed by atoms with Gasteiger partial charge in [-0.3, -0.25) is 9.78 Å². The van der Waals surface area contributed by atoms with Crippen LogP contribution in [0, 0.1) is 6.92 Å². The Balaban J connectivity index is 1.56. The van der Waals surface area contributed by atoms with E-state index in [4.69, 9.17) is 9.47 Å². The summed E-state index contributed by atoms with van der Waals surface area (Å²) in [6.45, 7) is 3.80. The quantitative estimate of drug-likeness (QED) is 0.890. The van der Waals surface area contributed by atoms with Gasteiger partial charge in [-0.25, -0.2) is 0 Å². The Morgan fingerprint density at radius 2 is 2.17 bits per heavy atom. The van der Waals surface area contributed by atoms with Crippen molar-refractivity contribution in [3.63, 3.8) is 0 Å². The number of carbonyl (C=O) groups is 1. The maximum absolute atomic E-state index is 13.1. The molecule has 0 saturated carbocycles. The topological polar surface area (TPSA) is 63.7 Å². The van der Waals surface area contributed by atoms with Crippen LogP contribution in [0.2, 0.25) is 0 Å². The lowest BCUT2D eigenvalue weighted by Gasteiger charge is -2.47. The van der Waals surface area contributed by atoms with Crippen LogP contribution in [0.4, 0.5) is 0 Å². The second-order valence-electron chi connectivity index (χ2n) is 7.33. The average molecular weight is 331 g/mol. The van der Waals surface area contributed by atoms with Gasteiger partial charge in [0.25, 0.3) is 5.91 Å². The zero-order valence-corrected chi connectivity index (χ0v) is 14.4. The number of hydrogen-bond acceptors (Lipinski definition) is 5. The van der Waals surface area contributed by atoms with Crippen molar-refractivity contribution in [2.75, 3.05) is 26.8 Å². The number of nitrogens with zero attached hydrogens (tertiary/aromatic N) is 2. The minimum absolute atomic E-state index is 0.0194. The molecule has 0 radical (unpaired) electrons. The minimum atomic E-state index is -0.180. The molecular formula is C18H25N3O3. The fourth-order valence-corrected chi connectivity index (χ4v) is 4.52. The molecule has 130 valence electrons. The van der Waals surface area contributed by atoms with Crippen molar-refractivity contribution in [1.29, 1.82) is 0 Å². The van der Waals surface area contributed by atoms with Crippen LogP contribution in [0.3, 0.4) is 0 Å². The predicted molar refractivity (Wildman–Crippen MR) is 89.3 cm³/mol. The molecule has 3 saturated heterocycles. The molecule has 3 aliphatic heterocycles. The summed E-state index contributed by atoms with van der Waals surface area (Å²) in [7, 11) is 1.58. The molecule has 1 aromatic rings. The molecule has 6 heteroatoms. The van der Waals surface area contributed by atoms with Crippen LogP contribution < -0.4 is 10.1 Å². The van der Waals surface area contributed by atoms with E-state index in [-0.39, 0.29) is 11.5 Å². The zero-order chi connectivity index (χ0) is 16.7. The van der Waals surface area contributed by atoms with Crippen LogP contribution in [-0.4, -0.2) is 60.3 Å². The number of methoxy groups -OCH3 is 1. The number of carbonyl (C=O) groups excluding carboxylic acids is 1. The molecule has 3 fully saturated rings. The van der Waals surface area contributed by atoms with E-state index in [1.54, 1.807) is 13.3 Å². The molecule has 0 aliphatic carbocycles. The molecule has 4 heterocycles. The molecule has 1 amide bonds. The number of morpholine rings is 1. The number of fused-ring (bicyclic) bond motifs is 2. The van der Waals surface area contributed by atoms with Crippen molar-refractivity contribution in [2.24, 2.45) is 0 Å². The lowest BCUT2D eigenvalue weighted by molar-refractivity contribution is -0.122. The number of ether oxygens (including phenoxy) is 2. The van der Waals surface area contributed by atoms with Gasteiger partial charge in [-0.15, -0.1) is 0 Å². The second kappa shape index (κ2) is 6.01. The Kier molecular flexibility index (Phi) is 3.96. The fraction of sp³-hybridized carbons (Fsp3) is 0.667. The van der Waals surface area contributed by atoms with E-state index in [1.807, 2.05) is 17.9 Å². The van der Waals surface area contributed by atoms with Crippen molar-refractivity contribution in [2.45, 2.75) is 50.3 Å². The molecule has 1 aromatic heterocycles. The van der Waals surface area contributed by atoms with Crippen LogP contribution >= 0.6 is 0 Å². The van der Waals surface area contributed by atoms with Crippen LogP contribution in [-0.2, 0) is 4.74 Å². The molecule has 3 atom stereocenters. The van der Waals surface area contributed by atoms with Crippen LogP contribution in [0.15, 0.2) is 12.3 Å². The van der Waals surface area contributed by atoms with Crippen molar-refractivity contribution in [1.82, 2.24) is 15.2 Å². The molecule has 1 N–H and O–H groups in total. The summed E-state index contributed by atoms with van der Waals surface area (Å²) >= 11 is 0. The Morgan fingerprint density at radius 3 is 2.88 bits per heavy atom. The minimum Gasteiger partial charge on any atom is -0.494 e. The summed E-state index contributed by atoms with van der Waals surface area (Å²) in [5, 5.41) is 3.65. The Morgan fingerprint density at radius 1 is 1.42 bits per heavy atom. The maximum atomic E-state index is 13.1. The summed E-state index contributed by atoms with van der Waals surface area (Å²) < 4.78 is 11.5. The first kappa shape index (κ1) is 15.8. The van der Waals surface area contributed by atoms with Crippen LogP contribution in [0.1, 0.15) is 41.7 Å². The van der Waals surface area contributed by atoms with Crippen molar-refractivity contribution in [3.8, 4) is 5.75 Å². The SMILES string of the molecule is COc1cnc(C)cc1C(=O)N1CCOC2(C[C@H]3CC[C@@H](C2)N3)C1. The van der Waals surface area contributed by atoms with Gasteiger partial charge in [0.2, 0.25) is 0 Å². The third-order valence-corrected chi connectivity index (χ3v) is 5.56. The Hall–Kier alpha value is -1.66. The summed E-state index contributed by atoms with van der Waals surface area (Å²) in [6.07, 6.45) is 6.07. The monoisotopic (exact) mass is 331 g/mol. The van der Waals surface area contributed by atoms with Crippen molar-refractivity contribution >= 4 is 5.91 Å². The maximum Gasteiger partial charge on any atom is 0.257 e. The van der Waals surface area contributed by atoms with Gasteiger partial charge in [-0.1, -0.05) is 0 Å². The van der Waals surface area contributed by atoms with Gasteiger partial charge >= 0.3 is 0 Å². The number of aromatic nitrogens is 1. The van der Waals surface area contributed by atoms with Crippen molar-refractivity contribution < 1.29 is 14.3 Å². The molecule has 1 spiro atoms. The number of hydrogen-bond donors (Lipinski definition) is 1. The number of pyridine rings is 1. The Labute approximate surface area is 142 Å². The van der Waals surface area contributed by atoms with Crippen molar-refractivity contribution in [3.05, 3.63) is 23.5 Å². The van der Waals surface area contributed by atoms with Gasteiger partial charge in [-0.05, 0) is 38.7 Å². The smallest absolute Gasteiger partial charge is 0.257 e. The molecule has 24 heavy (non-hydrogen) atoms. The number of piperidine rings is 1. The molecule has 2 bridgehead atoms. The van der Waals surface area contributed by atoms with Crippen LogP contribution in [0.25, 0.3) is 0 Å². The van der Waals surface area contributed by atoms with Gasteiger partial charge < -0.3 is 19.7 Å². The summed E-state index contributed by atoms with van der Waals surface area (Å²) in [5.41, 5.74) is 1.24. The number of nitrogens with one attached hydrogen (secondary N) is 1. The first-order chi connectivity index (χ1) is 11.6. The average Bonchev–Trinajstić information content (AvgIpc) is 2.93. The lowest BCUT2D eigenvalue weighted by atomic mass is 9.85. The first-order valence-corrected chi connectivity index (χ1v) is 8.78. The highest BCUT2D eigenvalue weighted by molar-refractivity contribution is 5.97. The molecule has 6 nitrogen and oxygen atoms in total. The molecule has 1 unspecified atom stereocenters. The van der Waals surface area contributed by atoms with Gasteiger partial charge in [0, 0.05) is 24.3 Å². The molecule has 3 aliphatic rings. The molecule has 0 aromatic carbocycles. The number of rotatable bonds is 2. The summed E-state index contributed by atoms with van der Waals surface area (Å²) in [6, 6.07) is 2.89. The highest BCUT2D eigenvalue weighted by Gasteiger charge is 2.47. The third kappa shape index (κ3) is 2.78. The highest BCUT2D eigenvalue weighted by Crippen LogP contribution is 2.39. The van der Waals surface area contributed by atoms with E-state index >= 15 is 0 Å². The highest BCUT2D eigenvalue weighted by atomic mass is 16.5. The third-order valence-electron chi connectivity index (χ3n) is 5.56. The summed E-state index contributed by atoms with van der Waals surface area (Å²) in [4.78, 5) is 19.2. The van der Waals surface area contributed by atoms with Gasteiger partial charge in [0.05, 0.1) is 37.6 Å². The first-order valence-electron chi connectivity index (χ1n) is 8.78. The van der Waals surface area contributed by atoms with E-state index in [9.17, 15) is 4.79 Å². The largest absolute Gasteiger partial charge is 0.494 e. The Bertz CT molecular complexity index is 636. The van der Waals surface area contributed by atoms with E-state index in [0.717, 1.165) is 18.5 Å². The lowest BCUT2D eigenvalue weighted by Crippen LogP contribution is -2.60. The van der Waals surface area contributed by atoms with Gasteiger partial charge in [0.1, 0.15) is 5.75 Å². The standard InChI is InChI=1S/C18H25N3O3/c1-12-7-15(16(23-2)10-19-12)17(22)21-5-6-24-18(11-21)8-13-3-4-14(9-18)20-13/h7,10,13-14,20H,3-6,8-9,11H2,1-2H3/t13-,14+,18?. The zero-order valence-electron chi connectivity index (χ0n) is 14.4. The predicted octanol–water partition coefficient (Wildman–Crippen LogP) is 1.52. The number of aryl methyl sites for hydroxylation is 1. The van der Waals surface area contributed by atoms with Gasteiger partial charge in [-0.2, -0.15) is 0 Å². The van der Waals surface area contributed by atoms with E-state index in [2.05, 4.69) is 10.3 Å². The van der Waals surface area contributed by atoms with Gasteiger partial charge in [0.15, 0.2) is 0 Å².